The van der Waals surface area contributed by atoms with Crippen LogP contribution in [-0.4, -0.2) is 29.1 Å². The van der Waals surface area contributed by atoms with Crippen LogP contribution in [0.15, 0.2) is 45.4 Å². The highest BCUT2D eigenvalue weighted by Gasteiger charge is 2.18. The average molecular weight is 390 g/mol. The summed E-state index contributed by atoms with van der Waals surface area (Å²) >= 11 is 0. The van der Waals surface area contributed by atoms with E-state index in [1.807, 2.05) is 0 Å². The molecular weight excluding hydrogens is 370 g/mol. The number of aryl methyl sites for hydroxylation is 1. The number of rotatable bonds is 8. The Labute approximate surface area is 160 Å². The minimum atomic E-state index is -0.550. The zero-order valence-corrected chi connectivity index (χ0v) is 15.2. The first-order valence-electron chi connectivity index (χ1n) is 8.78. The van der Waals surface area contributed by atoms with E-state index in [2.05, 4.69) is 10.3 Å². The second kappa shape index (κ2) is 8.79. The number of nitrogens with zero attached hydrogens (tertiary/aromatic N) is 1. The summed E-state index contributed by atoms with van der Waals surface area (Å²) < 4.78 is 37.8. The van der Waals surface area contributed by atoms with Crippen LogP contribution in [-0.2, 0) is 17.6 Å². The highest BCUT2D eigenvalue weighted by atomic mass is 19.1. The molecule has 0 saturated carbocycles. The molecule has 3 rings (SSSR count). The minimum absolute atomic E-state index is 0.0114. The molecule has 0 spiro atoms. The van der Waals surface area contributed by atoms with Gasteiger partial charge in [-0.3, -0.25) is 4.79 Å². The summed E-state index contributed by atoms with van der Waals surface area (Å²) in [6.45, 7) is 1.54. The van der Waals surface area contributed by atoms with E-state index in [0.717, 1.165) is 18.2 Å². The Morgan fingerprint density at radius 3 is 2.86 bits per heavy atom. The summed E-state index contributed by atoms with van der Waals surface area (Å²) in [5.74, 6) is -0.604. The first kappa shape index (κ1) is 19.8. The molecule has 2 heterocycles. The van der Waals surface area contributed by atoms with Gasteiger partial charge in [0.15, 0.2) is 5.76 Å². The lowest BCUT2D eigenvalue weighted by Gasteiger charge is -2.15. The number of halogens is 2. The molecule has 0 aliphatic carbocycles. The molecule has 0 aliphatic heterocycles. The molecule has 2 aromatic heterocycles. The molecule has 8 heteroatoms. The molecule has 1 amide bonds. The second-order valence-corrected chi connectivity index (χ2v) is 6.47. The molecule has 148 valence electrons. The number of oxazole rings is 1. The molecule has 6 nitrogen and oxygen atoms in total. The zero-order valence-electron chi connectivity index (χ0n) is 15.2. The highest BCUT2D eigenvalue weighted by molar-refractivity contribution is 5.78. The summed E-state index contributed by atoms with van der Waals surface area (Å²) in [5, 5.41) is 12.2. The first-order valence-corrected chi connectivity index (χ1v) is 8.78. The number of hydrogen-bond donors (Lipinski definition) is 2. The van der Waals surface area contributed by atoms with E-state index in [4.69, 9.17) is 8.83 Å². The number of benzene rings is 1. The SMILES string of the molecule is Cc1oc(-c2ccco2)nc1CC(=O)NC[C@@H](CO)Cc1cc(F)ccc1F. The summed E-state index contributed by atoms with van der Waals surface area (Å²) in [7, 11) is 0. The lowest BCUT2D eigenvalue weighted by atomic mass is 9.99. The largest absolute Gasteiger partial charge is 0.459 e. The number of nitrogens with one attached hydrogen (secondary N) is 1. The highest BCUT2D eigenvalue weighted by Crippen LogP contribution is 2.22. The van der Waals surface area contributed by atoms with Crippen molar-refractivity contribution in [3.05, 3.63) is 65.2 Å². The summed E-state index contributed by atoms with van der Waals surface area (Å²) in [5.41, 5.74) is 0.629. The molecule has 0 radical (unpaired) electrons. The molecule has 28 heavy (non-hydrogen) atoms. The van der Waals surface area contributed by atoms with Gasteiger partial charge in [0.1, 0.15) is 17.4 Å². The number of amides is 1. The molecule has 0 fully saturated rings. The predicted octanol–water partition coefficient (Wildman–Crippen LogP) is 3.03. The van der Waals surface area contributed by atoms with Crippen LogP contribution >= 0.6 is 0 Å². The van der Waals surface area contributed by atoms with E-state index in [1.165, 1.54) is 6.26 Å². The molecule has 2 N–H and O–H groups in total. The van der Waals surface area contributed by atoms with E-state index in [1.54, 1.807) is 19.1 Å². The number of aliphatic hydroxyl groups is 1. The Balaban J connectivity index is 1.56. The molecular formula is C20H20F2N2O4. The van der Waals surface area contributed by atoms with Gasteiger partial charge in [0.2, 0.25) is 5.91 Å². The quantitative estimate of drug-likeness (QED) is 0.617. The zero-order chi connectivity index (χ0) is 20.1. The maximum absolute atomic E-state index is 13.8. The van der Waals surface area contributed by atoms with Crippen molar-refractivity contribution in [2.24, 2.45) is 5.92 Å². The van der Waals surface area contributed by atoms with Crippen molar-refractivity contribution in [1.82, 2.24) is 10.3 Å². The van der Waals surface area contributed by atoms with Gasteiger partial charge in [-0.15, -0.1) is 0 Å². The molecule has 0 saturated heterocycles. The van der Waals surface area contributed by atoms with Gasteiger partial charge in [-0.25, -0.2) is 13.8 Å². The third-order valence-electron chi connectivity index (χ3n) is 4.32. The fraction of sp³-hybridized carbons (Fsp3) is 0.300. The number of carbonyl (C=O) groups is 1. The molecule has 1 atom stereocenters. The fourth-order valence-corrected chi connectivity index (χ4v) is 2.78. The van der Waals surface area contributed by atoms with Crippen LogP contribution in [0.4, 0.5) is 8.78 Å². The van der Waals surface area contributed by atoms with Gasteiger partial charge < -0.3 is 19.3 Å². The van der Waals surface area contributed by atoms with Crippen LogP contribution in [0.1, 0.15) is 17.0 Å². The van der Waals surface area contributed by atoms with E-state index in [-0.39, 0.29) is 37.5 Å². The van der Waals surface area contributed by atoms with Crippen LogP contribution in [0.3, 0.4) is 0 Å². The van der Waals surface area contributed by atoms with E-state index < -0.39 is 17.6 Å². The number of aliphatic hydroxyl groups excluding tert-OH is 1. The van der Waals surface area contributed by atoms with Gasteiger partial charge in [-0.2, -0.15) is 0 Å². The molecule has 1 aromatic carbocycles. The van der Waals surface area contributed by atoms with Crippen LogP contribution in [0.5, 0.6) is 0 Å². The molecule has 0 aliphatic rings. The maximum atomic E-state index is 13.8. The molecule has 0 bridgehead atoms. The van der Waals surface area contributed by atoms with Gasteiger partial charge >= 0.3 is 0 Å². The Hall–Kier alpha value is -3.00. The Morgan fingerprint density at radius 1 is 1.32 bits per heavy atom. The summed E-state index contributed by atoms with van der Waals surface area (Å²) in [6, 6.07) is 6.58. The topological polar surface area (TPSA) is 88.5 Å². The third kappa shape index (κ3) is 4.83. The molecule has 0 unspecified atom stereocenters. The van der Waals surface area contributed by atoms with Gasteiger partial charge in [0.25, 0.3) is 5.89 Å². The van der Waals surface area contributed by atoms with Crippen LogP contribution in [0, 0.1) is 24.5 Å². The maximum Gasteiger partial charge on any atom is 0.263 e. The van der Waals surface area contributed by atoms with Crippen LogP contribution in [0.25, 0.3) is 11.7 Å². The summed E-state index contributed by atoms with van der Waals surface area (Å²) in [4.78, 5) is 16.5. The van der Waals surface area contributed by atoms with Gasteiger partial charge in [-0.05, 0) is 49.2 Å². The van der Waals surface area contributed by atoms with Crippen molar-refractivity contribution in [3.63, 3.8) is 0 Å². The average Bonchev–Trinajstić information content (AvgIpc) is 3.32. The Bertz CT molecular complexity index is 938. The van der Waals surface area contributed by atoms with Gasteiger partial charge in [0, 0.05) is 19.1 Å². The van der Waals surface area contributed by atoms with Crippen LogP contribution < -0.4 is 5.32 Å². The monoisotopic (exact) mass is 390 g/mol. The Kier molecular flexibility index (Phi) is 6.20. The minimum Gasteiger partial charge on any atom is -0.459 e. The van der Waals surface area contributed by atoms with Crippen molar-refractivity contribution in [1.29, 1.82) is 0 Å². The standard InChI is InChI=1S/C20H20F2N2O4/c1-12-17(24-20(28-12)18-3-2-6-27-18)9-19(26)23-10-13(11-25)7-14-8-15(21)4-5-16(14)22/h2-6,8,13,25H,7,9-11H2,1H3,(H,23,26)/t13-/m0/s1. The van der Waals surface area contributed by atoms with Gasteiger partial charge in [-0.1, -0.05) is 0 Å². The normalized spacial score (nSPS) is 12.1. The lowest BCUT2D eigenvalue weighted by molar-refractivity contribution is -0.120. The predicted molar refractivity (Wildman–Crippen MR) is 96.3 cm³/mol. The van der Waals surface area contributed by atoms with E-state index >= 15 is 0 Å². The fourth-order valence-electron chi connectivity index (χ4n) is 2.78. The first-order chi connectivity index (χ1) is 13.5. The van der Waals surface area contributed by atoms with E-state index in [0.29, 0.717) is 23.1 Å². The second-order valence-electron chi connectivity index (χ2n) is 6.47. The number of aromatic nitrogens is 1. The third-order valence-corrected chi connectivity index (χ3v) is 4.32. The Morgan fingerprint density at radius 2 is 2.14 bits per heavy atom. The van der Waals surface area contributed by atoms with Crippen molar-refractivity contribution in [3.8, 4) is 11.7 Å². The lowest BCUT2D eigenvalue weighted by Crippen LogP contribution is -2.33. The van der Waals surface area contributed by atoms with Crippen molar-refractivity contribution < 1.29 is 27.5 Å². The number of furan rings is 1. The smallest absolute Gasteiger partial charge is 0.263 e. The van der Waals surface area contributed by atoms with Crippen LogP contribution in [0.2, 0.25) is 0 Å². The summed E-state index contributed by atoms with van der Waals surface area (Å²) in [6.07, 6.45) is 1.59. The molecule has 3 aromatic rings. The van der Waals surface area contributed by atoms with E-state index in [9.17, 15) is 18.7 Å². The van der Waals surface area contributed by atoms with Crippen molar-refractivity contribution in [2.45, 2.75) is 19.8 Å². The number of hydrogen-bond acceptors (Lipinski definition) is 5. The van der Waals surface area contributed by atoms with Crippen molar-refractivity contribution >= 4 is 5.91 Å². The number of carbonyl (C=O) groups excluding carboxylic acids is 1. The van der Waals surface area contributed by atoms with Crippen molar-refractivity contribution in [2.75, 3.05) is 13.2 Å². The van der Waals surface area contributed by atoms with Gasteiger partial charge in [0.05, 0.1) is 18.4 Å².